The summed E-state index contributed by atoms with van der Waals surface area (Å²) in [5.41, 5.74) is 0.637. The lowest BCUT2D eigenvalue weighted by Gasteiger charge is -2.22. The van der Waals surface area contributed by atoms with E-state index in [9.17, 15) is 8.42 Å². The highest BCUT2D eigenvalue weighted by molar-refractivity contribution is 7.88. The normalized spacial score (nSPS) is 19.4. The molecule has 1 aromatic rings. The van der Waals surface area contributed by atoms with E-state index in [1.165, 1.54) is 0 Å². The van der Waals surface area contributed by atoms with Gasteiger partial charge in [0.15, 0.2) is 0 Å². The van der Waals surface area contributed by atoms with Crippen molar-refractivity contribution >= 4 is 34.0 Å². The summed E-state index contributed by atoms with van der Waals surface area (Å²) in [6, 6.07) is 7.03. The zero-order valence-corrected chi connectivity index (χ0v) is 13.5. The Morgan fingerprint density at radius 3 is 2.75 bits per heavy atom. The van der Waals surface area contributed by atoms with Crippen LogP contribution in [0.4, 0.5) is 0 Å². The van der Waals surface area contributed by atoms with Crippen LogP contribution in [0.25, 0.3) is 0 Å². The van der Waals surface area contributed by atoms with Gasteiger partial charge in [0, 0.05) is 11.6 Å². The molecule has 0 bridgehead atoms. The van der Waals surface area contributed by atoms with E-state index in [-0.39, 0.29) is 18.2 Å². The Balaban J connectivity index is 0.00000200. The Hall–Kier alpha value is -0.330. The molecule has 1 aromatic carbocycles. The van der Waals surface area contributed by atoms with Gasteiger partial charge in [0.2, 0.25) is 10.0 Å². The van der Waals surface area contributed by atoms with E-state index < -0.39 is 10.0 Å². The first-order valence-electron chi connectivity index (χ1n) is 6.48. The molecule has 7 heteroatoms. The lowest BCUT2D eigenvalue weighted by molar-refractivity contribution is 0.376. The van der Waals surface area contributed by atoms with Gasteiger partial charge in [-0.3, -0.25) is 0 Å². The molecule has 0 aliphatic carbocycles. The number of hydrogen-bond donors (Lipinski definition) is 2. The number of hydrogen-bond acceptors (Lipinski definition) is 3. The maximum Gasteiger partial charge on any atom is 0.215 e. The van der Waals surface area contributed by atoms with Crippen LogP contribution in [0.15, 0.2) is 24.3 Å². The van der Waals surface area contributed by atoms with E-state index in [2.05, 4.69) is 10.0 Å². The summed E-state index contributed by atoms with van der Waals surface area (Å²) in [6.45, 7) is 2.41. The Kier molecular flexibility index (Phi) is 7.26. The van der Waals surface area contributed by atoms with Crippen molar-refractivity contribution in [1.82, 2.24) is 10.0 Å². The van der Waals surface area contributed by atoms with E-state index in [1.807, 2.05) is 0 Å². The molecule has 2 N–H and O–H groups in total. The van der Waals surface area contributed by atoms with Crippen molar-refractivity contribution in [3.63, 3.8) is 0 Å². The summed E-state index contributed by atoms with van der Waals surface area (Å²) in [7, 11) is -3.32. The van der Waals surface area contributed by atoms with E-state index in [0.717, 1.165) is 25.9 Å². The van der Waals surface area contributed by atoms with Crippen molar-refractivity contribution in [2.75, 3.05) is 19.6 Å². The first kappa shape index (κ1) is 17.7. The van der Waals surface area contributed by atoms with Crippen LogP contribution < -0.4 is 10.0 Å². The number of benzene rings is 1. The zero-order chi connectivity index (χ0) is 13.7. The van der Waals surface area contributed by atoms with Crippen LogP contribution in [0.1, 0.15) is 18.4 Å². The molecule has 20 heavy (non-hydrogen) atoms. The zero-order valence-electron chi connectivity index (χ0n) is 11.1. The SMILES string of the molecule is Cl.O=S(=O)(Cc1ccccc1Cl)NCC1CCCNC1. The van der Waals surface area contributed by atoms with Gasteiger partial charge in [-0.25, -0.2) is 13.1 Å². The van der Waals surface area contributed by atoms with Gasteiger partial charge in [0.05, 0.1) is 5.75 Å². The van der Waals surface area contributed by atoms with Gasteiger partial charge in [-0.2, -0.15) is 0 Å². The highest BCUT2D eigenvalue weighted by atomic mass is 35.5. The minimum atomic E-state index is -3.32. The number of piperidine rings is 1. The molecule has 1 aliphatic heterocycles. The van der Waals surface area contributed by atoms with Crippen LogP contribution >= 0.6 is 24.0 Å². The van der Waals surface area contributed by atoms with E-state index in [0.29, 0.717) is 23.0 Å². The Morgan fingerprint density at radius 1 is 1.35 bits per heavy atom. The lowest BCUT2D eigenvalue weighted by Crippen LogP contribution is -2.38. The molecule has 1 saturated heterocycles. The third kappa shape index (κ3) is 5.58. The molecule has 114 valence electrons. The fourth-order valence-electron chi connectivity index (χ4n) is 2.21. The highest BCUT2D eigenvalue weighted by Gasteiger charge is 2.18. The summed E-state index contributed by atoms with van der Waals surface area (Å²) in [4.78, 5) is 0. The van der Waals surface area contributed by atoms with Crippen molar-refractivity contribution in [1.29, 1.82) is 0 Å². The molecule has 0 aromatic heterocycles. The van der Waals surface area contributed by atoms with Crippen molar-refractivity contribution < 1.29 is 8.42 Å². The Bertz CT molecular complexity index is 517. The summed E-state index contributed by atoms with van der Waals surface area (Å²) in [6.07, 6.45) is 2.18. The first-order valence-corrected chi connectivity index (χ1v) is 8.51. The van der Waals surface area contributed by atoms with Crippen LogP contribution in [-0.4, -0.2) is 28.1 Å². The molecule has 0 saturated carbocycles. The minimum absolute atomic E-state index is 0. The minimum Gasteiger partial charge on any atom is -0.316 e. The molecule has 1 unspecified atom stereocenters. The van der Waals surface area contributed by atoms with Crippen molar-refractivity contribution in [3.05, 3.63) is 34.9 Å². The molecular weight excluding hydrogens is 319 g/mol. The first-order chi connectivity index (χ1) is 9.07. The van der Waals surface area contributed by atoms with E-state index in [4.69, 9.17) is 11.6 Å². The van der Waals surface area contributed by atoms with Crippen LogP contribution in [-0.2, 0) is 15.8 Å². The molecule has 0 radical (unpaired) electrons. The number of nitrogens with one attached hydrogen (secondary N) is 2. The van der Waals surface area contributed by atoms with Crippen LogP contribution in [0, 0.1) is 5.92 Å². The van der Waals surface area contributed by atoms with Crippen LogP contribution in [0.5, 0.6) is 0 Å². The third-order valence-electron chi connectivity index (χ3n) is 3.29. The quantitative estimate of drug-likeness (QED) is 0.865. The smallest absolute Gasteiger partial charge is 0.215 e. The number of rotatable bonds is 5. The number of sulfonamides is 1. The number of halogens is 2. The second kappa shape index (κ2) is 8.20. The van der Waals surface area contributed by atoms with Crippen molar-refractivity contribution in [2.24, 2.45) is 5.92 Å². The molecule has 0 amide bonds. The summed E-state index contributed by atoms with van der Waals surface area (Å²) < 4.78 is 26.7. The van der Waals surface area contributed by atoms with Gasteiger partial charge in [-0.15, -0.1) is 12.4 Å². The summed E-state index contributed by atoms with van der Waals surface area (Å²) in [5, 5.41) is 3.77. The lowest BCUT2D eigenvalue weighted by atomic mass is 10.0. The molecule has 0 spiro atoms. The largest absolute Gasteiger partial charge is 0.316 e. The average Bonchev–Trinajstić information content (AvgIpc) is 2.40. The molecule has 4 nitrogen and oxygen atoms in total. The molecule has 1 fully saturated rings. The van der Waals surface area contributed by atoms with E-state index >= 15 is 0 Å². The highest BCUT2D eigenvalue weighted by Crippen LogP contribution is 2.17. The van der Waals surface area contributed by atoms with Gasteiger partial charge in [-0.1, -0.05) is 29.8 Å². The van der Waals surface area contributed by atoms with Gasteiger partial charge >= 0.3 is 0 Å². The summed E-state index contributed by atoms with van der Waals surface area (Å²) in [5.74, 6) is 0.321. The second-order valence-corrected chi connectivity index (χ2v) is 7.13. The molecule has 2 rings (SSSR count). The molecule has 1 atom stereocenters. The van der Waals surface area contributed by atoms with E-state index in [1.54, 1.807) is 24.3 Å². The van der Waals surface area contributed by atoms with Gasteiger partial charge in [0.25, 0.3) is 0 Å². The molecule has 1 aliphatic rings. The fraction of sp³-hybridized carbons (Fsp3) is 0.538. The van der Waals surface area contributed by atoms with Gasteiger partial charge in [0.1, 0.15) is 0 Å². The predicted octanol–water partition coefficient (Wildman–Crippen LogP) is 2.18. The second-order valence-electron chi connectivity index (χ2n) is 4.91. The maximum atomic E-state index is 12.0. The topological polar surface area (TPSA) is 58.2 Å². The molecular formula is C13H20Cl2N2O2S. The Morgan fingerprint density at radius 2 is 2.10 bits per heavy atom. The maximum absolute atomic E-state index is 12.0. The fourth-order valence-corrected chi connectivity index (χ4v) is 3.75. The van der Waals surface area contributed by atoms with Crippen LogP contribution in [0.3, 0.4) is 0 Å². The monoisotopic (exact) mass is 338 g/mol. The molecule has 1 heterocycles. The van der Waals surface area contributed by atoms with Crippen LogP contribution in [0.2, 0.25) is 5.02 Å². The Labute approximate surface area is 131 Å². The van der Waals surface area contributed by atoms with Crippen molar-refractivity contribution in [2.45, 2.75) is 18.6 Å². The average molecular weight is 339 g/mol. The van der Waals surface area contributed by atoms with Crippen molar-refractivity contribution in [3.8, 4) is 0 Å². The van der Waals surface area contributed by atoms with Gasteiger partial charge in [-0.05, 0) is 43.5 Å². The standard InChI is InChI=1S/C13H19ClN2O2S.ClH/c14-13-6-2-1-5-12(13)10-19(17,18)16-9-11-4-3-7-15-8-11;/h1-2,5-6,11,15-16H,3-4,7-10H2;1H. The summed E-state index contributed by atoms with van der Waals surface area (Å²) >= 11 is 5.98. The third-order valence-corrected chi connectivity index (χ3v) is 4.96. The van der Waals surface area contributed by atoms with Gasteiger partial charge < -0.3 is 5.32 Å². The predicted molar refractivity (Wildman–Crippen MR) is 84.9 cm³/mol.